The minimum Gasteiger partial charge on any atom is -0.410 e. The minimum absolute atomic E-state index is 0.0889. The highest BCUT2D eigenvalue weighted by atomic mass is 35.5. The molecule has 0 atom stereocenters. The maximum absolute atomic E-state index is 13.4. The molecule has 7 nitrogen and oxygen atoms in total. The summed E-state index contributed by atoms with van der Waals surface area (Å²) in [5.74, 6) is 0.589. The van der Waals surface area contributed by atoms with Crippen LogP contribution in [0, 0.1) is 12.8 Å². The molecule has 0 radical (unpaired) electrons. The van der Waals surface area contributed by atoms with E-state index in [9.17, 15) is 13.2 Å². The SMILES string of the molecule is Cc1c(CC(C)C)sc(S(=O)(=O)NC(=O)Oc2ccccc2)c1-c1ccc(Cn2ccnc2Cl)cc1. The Morgan fingerprint density at radius 1 is 1.14 bits per heavy atom. The second-order valence-electron chi connectivity index (χ2n) is 8.74. The highest BCUT2D eigenvalue weighted by molar-refractivity contribution is 7.92. The number of sulfonamides is 1. The summed E-state index contributed by atoms with van der Waals surface area (Å²) >= 11 is 7.27. The van der Waals surface area contributed by atoms with Gasteiger partial charge in [-0.1, -0.05) is 56.3 Å². The molecule has 0 unspecified atom stereocenters. The molecule has 4 aromatic rings. The van der Waals surface area contributed by atoms with Crippen LogP contribution in [0.5, 0.6) is 5.75 Å². The summed E-state index contributed by atoms with van der Waals surface area (Å²) in [4.78, 5) is 17.4. The van der Waals surface area contributed by atoms with Crippen LogP contribution in [-0.4, -0.2) is 24.1 Å². The zero-order valence-electron chi connectivity index (χ0n) is 20.1. The molecule has 2 aromatic heterocycles. The number of hydrogen-bond acceptors (Lipinski definition) is 6. The third-order valence-corrected chi connectivity index (χ3v) is 8.94. The van der Waals surface area contributed by atoms with Gasteiger partial charge in [0.1, 0.15) is 9.96 Å². The largest absolute Gasteiger partial charge is 0.426 e. The fourth-order valence-corrected chi connectivity index (χ4v) is 7.00. The molecule has 0 saturated carbocycles. The Labute approximate surface area is 219 Å². The van der Waals surface area contributed by atoms with Crippen LogP contribution in [0.25, 0.3) is 11.1 Å². The number of rotatable bonds is 8. The number of nitrogens with zero attached hydrogens (tertiary/aromatic N) is 2. The first-order valence-electron chi connectivity index (χ1n) is 11.3. The van der Waals surface area contributed by atoms with Gasteiger partial charge in [0.25, 0.3) is 10.0 Å². The Morgan fingerprint density at radius 2 is 1.83 bits per heavy atom. The van der Waals surface area contributed by atoms with E-state index in [1.165, 1.54) is 11.3 Å². The van der Waals surface area contributed by atoms with E-state index >= 15 is 0 Å². The first-order valence-corrected chi connectivity index (χ1v) is 14.0. The first kappa shape index (κ1) is 25.9. The van der Waals surface area contributed by atoms with Crippen molar-refractivity contribution in [2.45, 2.75) is 37.9 Å². The van der Waals surface area contributed by atoms with Gasteiger partial charge >= 0.3 is 6.09 Å². The lowest BCUT2D eigenvalue weighted by Crippen LogP contribution is -2.32. The number of benzene rings is 2. The zero-order chi connectivity index (χ0) is 25.9. The first-order chi connectivity index (χ1) is 17.1. The Balaban J connectivity index is 1.66. The molecule has 10 heteroatoms. The molecule has 0 spiro atoms. The van der Waals surface area contributed by atoms with Gasteiger partial charge in [-0.15, -0.1) is 11.3 Å². The monoisotopic (exact) mass is 543 g/mol. The van der Waals surface area contributed by atoms with Gasteiger partial charge in [-0.25, -0.2) is 22.9 Å². The normalized spacial score (nSPS) is 11.6. The molecule has 0 aliphatic heterocycles. The van der Waals surface area contributed by atoms with Gasteiger partial charge in [-0.2, -0.15) is 0 Å². The van der Waals surface area contributed by atoms with Gasteiger partial charge in [-0.05, 0) is 59.7 Å². The average molecular weight is 544 g/mol. The van der Waals surface area contributed by atoms with E-state index in [1.54, 1.807) is 42.7 Å². The third-order valence-electron chi connectivity index (χ3n) is 5.48. The number of thiophene rings is 1. The number of amides is 1. The molecule has 0 fully saturated rings. The molecule has 0 aliphatic carbocycles. The summed E-state index contributed by atoms with van der Waals surface area (Å²) in [7, 11) is -4.19. The van der Waals surface area contributed by atoms with Crippen molar-refractivity contribution in [1.29, 1.82) is 0 Å². The van der Waals surface area contributed by atoms with Crippen molar-refractivity contribution in [3.8, 4) is 16.9 Å². The Bertz CT molecular complexity index is 1460. The summed E-state index contributed by atoms with van der Waals surface area (Å²) in [6.45, 7) is 6.62. The molecule has 2 heterocycles. The second kappa shape index (κ2) is 10.9. The van der Waals surface area contributed by atoms with E-state index in [-0.39, 0.29) is 9.96 Å². The van der Waals surface area contributed by atoms with Gasteiger partial charge in [0, 0.05) is 29.4 Å². The molecule has 1 amide bonds. The summed E-state index contributed by atoms with van der Waals surface area (Å²) in [5, 5.41) is 0.396. The van der Waals surface area contributed by atoms with Gasteiger partial charge in [-0.3, -0.25) is 0 Å². The van der Waals surface area contributed by atoms with Crippen molar-refractivity contribution in [3.63, 3.8) is 0 Å². The molecule has 0 aliphatic rings. The predicted molar refractivity (Wildman–Crippen MR) is 142 cm³/mol. The number of halogens is 1. The van der Waals surface area contributed by atoms with Crippen LogP contribution in [0.3, 0.4) is 0 Å². The van der Waals surface area contributed by atoms with E-state index < -0.39 is 16.1 Å². The Kier molecular flexibility index (Phi) is 7.82. The van der Waals surface area contributed by atoms with E-state index in [2.05, 4.69) is 23.6 Å². The number of carbonyl (C=O) groups is 1. The fraction of sp³-hybridized carbons (Fsp3) is 0.231. The summed E-state index contributed by atoms with van der Waals surface area (Å²) < 4.78 is 35.9. The van der Waals surface area contributed by atoms with Crippen LogP contribution >= 0.6 is 22.9 Å². The summed E-state index contributed by atoms with van der Waals surface area (Å²) in [6.07, 6.45) is 3.10. The molecule has 0 saturated heterocycles. The smallest absolute Gasteiger partial charge is 0.410 e. The van der Waals surface area contributed by atoms with Gasteiger partial charge in [0.2, 0.25) is 5.28 Å². The van der Waals surface area contributed by atoms with E-state index in [4.69, 9.17) is 16.3 Å². The quantitative estimate of drug-likeness (QED) is 0.282. The van der Waals surface area contributed by atoms with Gasteiger partial charge in [0.05, 0.1) is 0 Å². The van der Waals surface area contributed by atoms with Crippen molar-refractivity contribution in [3.05, 3.63) is 88.3 Å². The van der Waals surface area contributed by atoms with Crippen LogP contribution < -0.4 is 9.46 Å². The number of imidazole rings is 1. The van der Waals surface area contributed by atoms with Crippen molar-refractivity contribution in [1.82, 2.24) is 14.3 Å². The van der Waals surface area contributed by atoms with Crippen molar-refractivity contribution < 1.29 is 17.9 Å². The minimum atomic E-state index is -4.19. The van der Waals surface area contributed by atoms with Gasteiger partial charge in [0.15, 0.2) is 0 Å². The highest BCUT2D eigenvalue weighted by Crippen LogP contribution is 2.40. The molecule has 2 aromatic carbocycles. The lowest BCUT2D eigenvalue weighted by atomic mass is 9.99. The van der Waals surface area contributed by atoms with Crippen molar-refractivity contribution in [2.24, 2.45) is 5.92 Å². The van der Waals surface area contributed by atoms with E-state index in [1.807, 2.05) is 35.8 Å². The maximum Gasteiger partial charge on any atom is 0.426 e. The second-order valence-corrected chi connectivity index (χ2v) is 12.1. The summed E-state index contributed by atoms with van der Waals surface area (Å²) in [6, 6.07) is 15.9. The van der Waals surface area contributed by atoms with Crippen LogP contribution in [0.4, 0.5) is 4.79 Å². The fourth-order valence-electron chi connectivity index (χ4n) is 3.80. The number of hydrogen-bond donors (Lipinski definition) is 1. The highest BCUT2D eigenvalue weighted by Gasteiger charge is 2.29. The maximum atomic E-state index is 13.4. The van der Waals surface area contributed by atoms with Crippen LogP contribution in [-0.2, 0) is 23.0 Å². The lowest BCUT2D eigenvalue weighted by Gasteiger charge is -2.10. The van der Waals surface area contributed by atoms with Gasteiger partial charge < -0.3 is 9.30 Å². The lowest BCUT2D eigenvalue weighted by molar-refractivity contribution is 0.207. The predicted octanol–water partition coefficient (Wildman–Crippen LogP) is 6.30. The Hall–Kier alpha value is -3.14. The zero-order valence-corrected chi connectivity index (χ0v) is 22.5. The van der Waals surface area contributed by atoms with Crippen LogP contribution in [0.1, 0.15) is 29.9 Å². The molecule has 1 N–H and O–H groups in total. The van der Waals surface area contributed by atoms with E-state index in [0.29, 0.717) is 23.3 Å². The number of aromatic nitrogens is 2. The van der Waals surface area contributed by atoms with Crippen molar-refractivity contribution >= 4 is 39.1 Å². The van der Waals surface area contributed by atoms with Crippen LogP contribution in [0.2, 0.25) is 5.28 Å². The molecular weight excluding hydrogens is 518 g/mol. The molecule has 0 bridgehead atoms. The summed E-state index contributed by atoms with van der Waals surface area (Å²) in [5.41, 5.74) is 3.21. The number of carbonyl (C=O) groups excluding carboxylic acids is 1. The third kappa shape index (κ3) is 5.98. The Morgan fingerprint density at radius 3 is 2.44 bits per heavy atom. The average Bonchev–Trinajstić information content (AvgIpc) is 3.37. The molecule has 4 rings (SSSR count). The molecular formula is C26H26ClN3O4S2. The number of ether oxygens (including phenoxy) is 1. The van der Waals surface area contributed by atoms with Crippen LogP contribution in [0.15, 0.2) is 71.2 Å². The molecule has 188 valence electrons. The standard InChI is InChI=1S/C26H26ClN3O4S2/c1-17(2)15-22-18(3)23(20-11-9-19(10-12-20)16-30-14-13-28-25(30)27)24(35-22)36(32,33)29-26(31)34-21-7-5-4-6-8-21/h4-14,17H,15-16H2,1-3H3,(H,29,31). The van der Waals surface area contributed by atoms with E-state index in [0.717, 1.165) is 28.0 Å². The number of nitrogens with one attached hydrogen (secondary N) is 1. The topological polar surface area (TPSA) is 90.3 Å². The van der Waals surface area contributed by atoms with Crippen molar-refractivity contribution in [2.75, 3.05) is 0 Å². The number of para-hydroxylation sites is 1. The molecule has 36 heavy (non-hydrogen) atoms.